The van der Waals surface area contributed by atoms with Crippen molar-refractivity contribution < 1.29 is 9.53 Å². The number of nitrogens with zero attached hydrogens (tertiary/aromatic N) is 1. The summed E-state index contributed by atoms with van der Waals surface area (Å²) >= 11 is 0. The van der Waals surface area contributed by atoms with Gasteiger partial charge in [0.05, 0.1) is 11.1 Å². The SMILES string of the molecule is O=NC(=O)c1c(-c2ccccc2)c(Oc2cccc3c2CCNC3)cc2c1[nH]c1ccccc12. The van der Waals surface area contributed by atoms with Gasteiger partial charge in [0.15, 0.2) is 0 Å². The van der Waals surface area contributed by atoms with E-state index in [9.17, 15) is 9.70 Å². The largest absolute Gasteiger partial charge is 0.456 e. The lowest BCUT2D eigenvalue weighted by atomic mass is 9.94. The quantitative estimate of drug-likeness (QED) is 0.315. The second kappa shape index (κ2) is 8.24. The third kappa shape index (κ3) is 3.27. The number of nitrogens with one attached hydrogen (secondary N) is 2. The molecule has 2 N–H and O–H groups in total. The number of aromatic nitrogens is 1. The van der Waals surface area contributed by atoms with Gasteiger partial charge in [0, 0.05) is 39.1 Å². The van der Waals surface area contributed by atoms with Crippen LogP contribution in [0.25, 0.3) is 32.9 Å². The summed E-state index contributed by atoms with van der Waals surface area (Å²) < 4.78 is 6.59. The zero-order chi connectivity index (χ0) is 23.1. The average molecular weight is 447 g/mol. The Hall–Kier alpha value is -4.29. The number of para-hydroxylation sites is 1. The van der Waals surface area contributed by atoms with Crippen LogP contribution in [0.15, 0.2) is 84.0 Å². The Bertz CT molecular complexity index is 1570. The number of benzene rings is 4. The maximum Gasteiger partial charge on any atom is 0.319 e. The van der Waals surface area contributed by atoms with Gasteiger partial charge in [0.25, 0.3) is 0 Å². The van der Waals surface area contributed by atoms with Crippen molar-refractivity contribution in [1.82, 2.24) is 10.3 Å². The molecule has 166 valence electrons. The number of ether oxygens (including phenoxy) is 1. The normalized spacial score (nSPS) is 13.1. The van der Waals surface area contributed by atoms with Crippen LogP contribution in [0.5, 0.6) is 11.5 Å². The molecule has 0 unspecified atom stereocenters. The van der Waals surface area contributed by atoms with Crippen molar-refractivity contribution >= 4 is 27.7 Å². The molecule has 6 rings (SSSR count). The number of H-pyrrole nitrogens is 1. The van der Waals surface area contributed by atoms with E-state index in [1.807, 2.05) is 72.8 Å². The lowest BCUT2D eigenvalue weighted by Crippen LogP contribution is -2.23. The minimum absolute atomic E-state index is 0.219. The Kier molecular flexibility index (Phi) is 4.93. The summed E-state index contributed by atoms with van der Waals surface area (Å²) in [5, 5.41) is 7.96. The molecule has 0 radical (unpaired) electrons. The summed E-state index contributed by atoms with van der Waals surface area (Å²) in [4.78, 5) is 27.8. The van der Waals surface area contributed by atoms with E-state index in [0.29, 0.717) is 16.8 Å². The van der Waals surface area contributed by atoms with Crippen LogP contribution in [0.3, 0.4) is 0 Å². The van der Waals surface area contributed by atoms with Crippen LogP contribution in [0, 0.1) is 4.91 Å². The van der Waals surface area contributed by atoms with Gasteiger partial charge in [-0.3, -0.25) is 4.79 Å². The molecule has 0 spiro atoms. The number of hydrogen-bond acceptors (Lipinski definition) is 4. The average Bonchev–Trinajstić information content (AvgIpc) is 3.26. The summed E-state index contributed by atoms with van der Waals surface area (Å²) in [6.45, 7) is 1.66. The number of carbonyl (C=O) groups is 1. The molecule has 4 aromatic carbocycles. The first-order valence-corrected chi connectivity index (χ1v) is 11.2. The van der Waals surface area contributed by atoms with Crippen LogP contribution >= 0.6 is 0 Å². The summed E-state index contributed by atoms with van der Waals surface area (Å²) in [6, 6.07) is 25.3. The lowest BCUT2D eigenvalue weighted by molar-refractivity contribution is 0.100. The Morgan fingerprint density at radius 2 is 1.71 bits per heavy atom. The molecule has 6 heteroatoms. The van der Waals surface area contributed by atoms with Gasteiger partial charge in [-0.2, -0.15) is 0 Å². The van der Waals surface area contributed by atoms with Crippen LogP contribution in [-0.2, 0) is 13.0 Å². The van der Waals surface area contributed by atoms with Crippen molar-refractivity contribution in [1.29, 1.82) is 0 Å². The van der Waals surface area contributed by atoms with Crippen molar-refractivity contribution in [3.63, 3.8) is 0 Å². The molecule has 1 aromatic heterocycles. The second-order valence-corrected chi connectivity index (χ2v) is 8.40. The minimum atomic E-state index is -0.833. The van der Waals surface area contributed by atoms with E-state index in [1.165, 1.54) is 5.56 Å². The van der Waals surface area contributed by atoms with E-state index in [4.69, 9.17) is 4.74 Å². The molecule has 0 atom stereocenters. The molecule has 0 aliphatic carbocycles. The van der Waals surface area contributed by atoms with Gasteiger partial charge in [0.1, 0.15) is 11.5 Å². The maximum absolute atomic E-state index is 13.0. The van der Waals surface area contributed by atoms with Crippen LogP contribution in [-0.4, -0.2) is 17.4 Å². The van der Waals surface area contributed by atoms with Gasteiger partial charge in [-0.25, -0.2) is 0 Å². The van der Waals surface area contributed by atoms with Crippen LogP contribution in [0.1, 0.15) is 21.5 Å². The second-order valence-electron chi connectivity index (χ2n) is 8.40. The van der Waals surface area contributed by atoms with E-state index >= 15 is 0 Å². The standard InChI is InChI=1S/C28H21N3O3/c32-28(31-33)26-25(17-7-2-1-3-8-17)24(15-21-20-10-4-5-11-22(20)30-27(21)26)34-23-12-6-9-18-16-29-14-13-19(18)23/h1-12,15,29-30H,13-14,16H2. The molecule has 0 saturated carbocycles. The highest BCUT2D eigenvalue weighted by molar-refractivity contribution is 6.19. The third-order valence-electron chi connectivity index (χ3n) is 6.44. The highest BCUT2D eigenvalue weighted by atomic mass is 16.5. The van der Waals surface area contributed by atoms with Crippen molar-refractivity contribution in [2.75, 3.05) is 6.54 Å². The summed E-state index contributed by atoms with van der Waals surface area (Å²) in [7, 11) is 0. The Morgan fingerprint density at radius 1 is 0.882 bits per heavy atom. The first-order valence-electron chi connectivity index (χ1n) is 11.2. The zero-order valence-corrected chi connectivity index (χ0v) is 18.3. The predicted octanol–water partition coefficient (Wildman–Crippen LogP) is 6.33. The molecule has 0 fully saturated rings. The molecule has 6 nitrogen and oxygen atoms in total. The van der Waals surface area contributed by atoms with Crippen LogP contribution in [0.4, 0.5) is 0 Å². The van der Waals surface area contributed by atoms with Crippen LogP contribution in [0.2, 0.25) is 0 Å². The lowest BCUT2D eigenvalue weighted by Gasteiger charge is -2.22. The highest BCUT2D eigenvalue weighted by Gasteiger charge is 2.26. The fourth-order valence-electron chi connectivity index (χ4n) is 4.90. The fourth-order valence-corrected chi connectivity index (χ4v) is 4.90. The molecule has 34 heavy (non-hydrogen) atoms. The van der Waals surface area contributed by atoms with E-state index in [2.05, 4.69) is 21.5 Å². The van der Waals surface area contributed by atoms with Gasteiger partial charge in [0.2, 0.25) is 0 Å². The molecule has 2 heterocycles. The number of nitroso groups, excluding NO2 is 1. The topological polar surface area (TPSA) is 83.6 Å². The Balaban J connectivity index is 1.68. The van der Waals surface area contributed by atoms with Crippen molar-refractivity contribution in [3.05, 3.63) is 100 Å². The number of rotatable bonds is 4. The summed E-state index contributed by atoms with van der Waals surface area (Å²) in [5.74, 6) is 0.440. The molecule has 1 aliphatic heterocycles. The minimum Gasteiger partial charge on any atom is -0.456 e. The highest BCUT2D eigenvalue weighted by Crippen LogP contribution is 2.44. The van der Waals surface area contributed by atoms with Gasteiger partial charge < -0.3 is 15.0 Å². The van der Waals surface area contributed by atoms with Gasteiger partial charge in [-0.05, 0) is 42.3 Å². The van der Waals surface area contributed by atoms with Gasteiger partial charge in [-0.1, -0.05) is 60.7 Å². The number of hydrogen-bond donors (Lipinski definition) is 2. The van der Waals surface area contributed by atoms with Crippen LogP contribution < -0.4 is 10.1 Å². The third-order valence-corrected chi connectivity index (χ3v) is 6.44. The smallest absolute Gasteiger partial charge is 0.319 e. The molecule has 5 aromatic rings. The van der Waals surface area contributed by atoms with E-state index < -0.39 is 5.91 Å². The summed E-state index contributed by atoms with van der Waals surface area (Å²) in [5.41, 5.74) is 5.35. The van der Waals surface area contributed by atoms with Gasteiger partial charge in [-0.15, -0.1) is 4.91 Å². The number of amides is 1. The van der Waals surface area contributed by atoms with Crippen molar-refractivity contribution in [2.45, 2.75) is 13.0 Å². The van der Waals surface area contributed by atoms with Gasteiger partial charge >= 0.3 is 5.91 Å². The monoisotopic (exact) mass is 447 g/mol. The molecule has 0 bridgehead atoms. The van der Waals surface area contributed by atoms with E-state index in [-0.39, 0.29) is 5.56 Å². The number of aromatic amines is 1. The Morgan fingerprint density at radius 3 is 2.56 bits per heavy atom. The molecule has 1 aliphatic rings. The Labute approximate surface area is 195 Å². The van der Waals surface area contributed by atoms with E-state index in [0.717, 1.165) is 52.7 Å². The number of fused-ring (bicyclic) bond motifs is 4. The first kappa shape index (κ1) is 20.3. The fraction of sp³-hybridized carbons (Fsp3) is 0.107. The predicted molar refractivity (Wildman–Crippen MR) is 133 cm³/mol. The zero-order valence-electron chi connectivity index (χ0n) is 18.3. The maximum atomic E-state index is 13.0. The van der Waals surface area contributed by atoms with E-state index in [1.54, 1.807) is 0 Å². The molecular formula is C28H21N3O3. The van der Waals surface area contributed by atoms with Crippen molar-refractivity contribution in [3.8, 4) is 22.6 Å². The summed E-state index contributed by atoms with van der Waals surface area (Å²) in [6.07, 6.45) is 0.850. The molecular weight excluding hydrogens is 426 g/mol. The first-order chi connectivity index (χ1) is 16.7. The van der Waals surface area contributed by atoms with Crippen molar-refractivity contribution in [2.24, 2.45) is 5.18 Å². The number of carbonyl (C=O) groups excluding carboxylic acids is 1. The molecule has 0 saturated heterocycles. The molecule has 1 amide bonds.